The maximum absolute atomic E-state index is 12.6. The van der Waals surface area contributed by atoms with E-state index in [4.69, 9.17) is 0 Å². The number of carbonyl (C=O) groups is 1. The zero-order chi connectivity index (χ0) is 15.8. The van der Waals surface area contributed by atoms with Crippen molar-refractivity contribution in [3.8, 4) is 0 Å². The number of carbonyl (C=O) groups excluding carboxylic acids is 1. The molecule has 2 rings (SSSR count). The van der Waals surface area contributed by atoms with Gasteiger partial charge in [-0.05, 0) is 49.2 Å². The SMILES string of the molecule is Cc1ccc(C(=O)c2ccc(C(F)(F)F)cc2C)c(Br)c1. The second kappa shape index (κ2) is 5.64. The van der Waals surface area contributed by atoms with Crippen LogP contribution in [0.15, 0.2) is 40.9 Å². The van der Waals surface area contributed by atoms with Crippen molar-refractivity contribution in [1.82, 2.24) is 0 Å². The van der Waals surface area contributed by atoms with E-state index in [2.05, 4.69) is 15.9 Å². The maximum atomic E-state index is 12.6. The van der Waals surface area contributed by atoms with Crippen molar-refractivity contribution in [1.29, 1.82) is 0 Å². The molecule has 110 valence electrons. The molecule has 0 atom stereocenters. The summed E-state index contributed by atoms with van der Waals surface area (Å²) in [6.45, 7) is 3.40. The Balaban J connectivity index is 2.45. The molecule has 0 saturated heterocycles. The van der Waals surface area contributed by atoms with Gasteiger partial charge in [0.1, 0.15) is 0 Å². The van der Waals surface area contributed by atoms with Crippen molar-refractivity contribution >= 4 is 21.7 Å². The van der Waals surface area contributed by atoms with E-state index in [9.17, 15) is 18.0 Å². The van der Waals surface area contributed by atoms with Crippen molar-refractivity contribution in [2.75, 3.05) is 0 Å². The lowest BCUT2D eigenvalue weighted by molar-refractivity contribution is -0.137. The minimum absolute atomic E-state index is 0.271. The van der Waals surface area contributed by atoms with Crippen LogP contribution in [-0.4, -0.2) is 5.78 Å². The maximum Gasteiger partial charge on any atom is 0.416 e. The molecule has 1 nitrogen and oxygen atoms in total. The molecule has 0 radical (unpaired) electrons. The van der Waals surface area contributed by atoms with Gasteiger partial charge >= 0.3 is 6.18 Å². The number of hydrogen-bond acceptors (Lipinski definition) is 1. The van der Waals surface area contributed by atoms with Crippen LogP contribution in [0.2, 0.25) is 0 Å². The van der Waals surface area contributed by atoms with Crippen LogP contribution in [0.1, 0.15) is 32.6 Å². The van der Waals surface area contributed by atoms with Crippen LogP contribution in [0.25, 0.3) is 0 Å². The Morgan fingerprint density at radius 2 is 1.62 bits per heavy atom. The Kier molecular flexibility index (Phi) is 4.23. The fraction of sp³-hybridized carbons (Fsp3) is 0.188. The predicted octanol–water partition coefficient (Wildman–Crippen LogP) is 5.32. The van der Waals surface area contributed by atoms with E-state index in [0.717, 1.165) is 17.7 Å². The Morgan fingerprint density at radius 3 is 2.14 bits per heavy atom. The largest absolute Gasteiger partial charge is 0.416 e. The fourth-order valence-corrected chi connectivity index (χ4v) is 2.72. The Bertz CT molecular complexity index is 705. The zero-order valence-electron chi connectivity index (χ0n) is 11.4. The van der Waals surface area contributed by atoms with Gasteiger partial charge in [-0.2, -0.15) is 13.2 Å². The average Bonchev–Trinajstić information content (AvgIpc) is 2.36. The molecule has 0 aliphatic heterocycles. The standard InChI is InChI=1S/C16H12BrF3O/c1-9-3-5-13(14(17)7-9)15(21)12-6-4-11(8-10(12)2)16(18,19)20/h3-8H,1-2H3. The van der Waals surface area contributed by atoms with Gasteiger partial charge in [0, 0.05) is 15.6 Å². The van der Waals surface area contributed by atoms with Gasteiger partial charge in [0.15, 0.2) is 5.78 Å². The zero-order valence-corrected chi connectivity index (χ0v) is 13.0. The summed E-state index contributed by atoms with van der Waals surface area (Å²) in [5, 5.41) is 0. The third-order valence-corrected chi connectivity index (χ3v) is 3.82. The normalized spacial score (nSPS) is 11.5. The molecule has 0 heterocycles. The minimum atomic E-state index is -4.41. The lowest BCUT2D eigenvalue weighted by Gasteiger charge is -2.11. The highest BCUT2D eigenvalue weighted by Crippen LogP contribution is 2.31. The number of halogens is 4. The summed E-state index contributed by atoms with van der Waals surface area (Å²) < 4.78 is 38.6. The summed E-state index contributed by atoms with van der Waals surface area (Å²) >= 11 is 3.31. The number of rotatable bonds is 2. The first-order valence-corrected chi connectivity index (χ1v) is 6.98. The van der Waals surface area contributed by atoms with Crippen LogP contribution >= 0.6 is 15.9 Å². The molecule has 0 bridgehead atoms. The number of ketones is 1. The van der Waals surface area contributed by atoms with Crippen molar-refractivity contribution in [3.63, 3.8) is 0 Å². The molecule has 0 aliphatic rings. The molecule has 0 N–H and O–H groups in total. The summed E-state index contributed by atoms with van der Waals surface area (Å²) in [6.07, 6.45) is -4.41. The van der Waals surface area contributed by atoms with Crippen LogP contribution in [0, 0.1) is 13.8 Å². The molecule has 0 saturated carbocycles. The van der Waals surface area contributed by atoms with Crippen LogP contribution in [-0.2, 0) is 6.18 Å². The van der Waals surface area contributed by atoms with E-state index in [1.54, 1.807) is 18.2 Å². The molecule has 0 spiro atoms. The molecule has 0 aliphatic carbocycles. The first-order valence-electron chi connectivity index (χ1n) is 6.19. The van der Waals surface area contributed by atoms with Gasteiger partial charge in [-0.25, -0.2) is 0 Å². The molecule has 21 heavy (non-hydrogen) atoms. The van der Waals surface area contributed by atoms with Gasteiger partial charge in [-0.3, -0.25) is 4.79 Å². The van der Waals surface area contributed by atoms with Crippen molar-refractivity contribution < 1.29 is 18.0 Å². The molecular weight excluding hydrogens is 345 g/mol. The van der Waals surface area contributed by atoms with Crippen LogP contribution in [0.4, 0.5) is 13.2 Å². The molecule has 0 unspecified atom stereocenters. The van der Waals surface area contributed by atoms with E-state index in [-0.39, 0.29) is 11.3 Å². The lowest BCUT2D eigenvalue weighted by Crippen LogP contribution is -2.09. The molecule has 5 heteroatoms. The van der Waals surface area contributed by atoms with Crippen molar-refractivity contribution in [2.24, 2.45) is 0 Å². The summed E-state index contributed by atoms with van der Waals surface area (Å²) in [5.74, 6) is -0.298. The highest BCUT2D eigenvalue weighted by Gasteiger charge is 2.31. The summed E-state index contributed by atoms with van der Waals surface area (Å²) in [7, 11) is 0. The monoisotopic (exact) mass is 356 g/mol. The van der Waals surface area contributed by atoms with Gasteiger partial charge in [0.05, 0.1) is 5.56 Å². The molecule has 0 aromatic heterocycles. The highest BCUT2D eigenvalue weighted by molar-refractivity contribution is 9.10. The fourth-order valence-electron chi connectivity index (χ4n) is 2.04. The second-order valence-corrected chi connectivity index (χ2v) is 5.69. The molecule has 0 fully saturated rings. The summed E-state index contributed by atoms with van der Waals surface area (Å²) in [5.41, 5.74) is 1.25. The average molecular weight is 357 g/mol. The van der Waals surface area contributed by atoms with Crippen molar-refractivity contribution in [2.45, 2.75) is 20.0 Å². The molecule has 2 aromatic rings. The van der Waals surface area contributed by atoms with Crippen LogP contribution < -0.4 is 0 Å². The Morgan fingerprint density at radius 1 is 1.00 bits per heavy atom. The number of alkyl halides is 3. The van der Waals surface area contributed by atoms with Crippen LogP contribution in [0.5, 0.6) is 0 Å². The van der Waals surface area contributed by atoms with E-state index >= 15 is 0 Å². The minimum Gasteiger partial charge on any atom is -0.289 e. The van der Waals surface area contributed by atoms with Gasteiger partial charge in [0.2, 0.25) is 0 Å². The topological polar surface area (TPSA) is 17.1 Å². The van der Waals surface area contributed by atoms with Gasteiger partial charge in [-0.1, -0.05) is 28.1 Å². The second-order valence-electron chi connectivity index (χ2n) is 4.84. The molecule has 0 amide bonds. The quantitative estimate of drug-likeness (QED) is 0.666. The first kappa shape index (κ1) is 15.8. The van der Waals surface area contributed by atoms with Crippen molar-refractivity contribution in [3.05, 3.63) is 68.7 Å². The molecular formula is C16H12BrF3O. The predicted molar refractivity (Wildman–Crippen MR) is 78.5 cm³/mol. The Labute approximate surface area is 128 Å². The smallest absolute Gasteiger partial charge is 0.289 e. The van der Waals surface area contributed by atoms with E-state index in [1.807, 2.05) is 6.92 Å². The number of hydrogen-bond donors (Lipinski definition) is 0. The Hall–Kier alpha value is -1.62. The third kappa shape index (κ3) is 3.35. The summed E-state index contributed by atoms with van der Waals surface area (Å²) in [6, 6.07) is 8.41. The van der Waals surface area contributed by atoms with E-state index in [0.29, 0.717) is 15.6 Å². The van der Waals surface area contributed by atoms with Gasteiger partial charge in [-0.15, -0.1) is 0 Å². The highest BCUT2D eigenvalue weighted by atomic mass is 79.9. The summed E-state index contributed by atoms with van der Waals surface area (Å²) in [4.78, 5) is 12.4. The van der Waals surface area contributed by atoms with Gasteiger partial charge < -0.3 is 0 Å². The number of benzene rings is 2. The third-order valence-electron chi connectivity index (χ3n) is 3.17. The van der Waals surface area contributed by atoms with Gasteiger partial charge in [0.25, 0.3) is 0 Å². The lowest BCUT2D eigenvalue weighted by atomic mass is 9.96. The van der Waals surface area contributed by atoms with E-state index in [1.165, 1.54) is 13.0 Å². The number of aryl methyl sites for hydroxylation is 2. The van der Waals surface area contributed by atoms with Crippen LogP contribution in [0.3, 0.4) is 0 Å². The first-order chi connectivity index (χ1) is 9.70. The van der Waals surface area contributed by atoms with E-state index < -0.39 is 11.7 Å². The molecule has 2 aromatic carbocycles.